The largest absolute Gasteiger partial charge is 0.481 e. The molecule has 3 N–H and O–H groups in total. The van der Waals surface area contributed by atoms with E-state index < -0.39 is 5.97 Å². The number of carbonyl (C=O) groups excluding carboxylic acids is 1. The normalized spacial score (nSPS) is 27.1. The standard InChI is InChI=1S/C9H15NO3S/c10-9(13)6-1-3-7(4-2-6)14-5-8(11)12/h6-7H,1-5H2,(H2,10,13)(H,11,12). The summed E-state index contributed by atoms with van der Waals surface area (Å²) in [5.74, 6) is -0.818. The van der Waals surface area contributed by atoms with Gasteiger partial charge in [0.15, 0.2) is 0 Å². The molecule has 0 aliphatic heterocycles. The number of thioether (sulfide) groups is 1. The molecular weight excluding hydrogens is 202 g/mol. The number of rotatable bonds is 4. The summed E-state index contributed by atoms with van der Waals surface area (Å²) < 4.78 is 0. The summed E-state index contributed by atoms with van der Waals surface area (Å²) in [5, 5.41) is 8.88. The molecule has 0 saturated heterocycles. The minimum atomic E-state index is -0.771. The van der Waals surface area contributed by atoms with Gasteiger partial charge in [-0.3, -0.25) is 9.59 Å². The summed E-state index contributed by atoms with van der Waals surface area (Å²) >= 11 is 1.47. The SMILES string of the molecule is NC(=O)C1CCC(SCC(=O)O)CC1. The van der Waals surface area contributed by atoms with Crippen molar-refractivity contribution in [2.75, 3.05) is 5.75 Å². The molecule has 0 spiro atoms. The predicted octanol–water partition coefficient (Wildman–Crippen LogP) is 0.848. The number of carbonyl (C=O) groups is 2. The molecule has 0 bridgehead atoms. The van der Waals surface area contributed by atoms with Crippen molar-refractivity contribution in [1.29, 1.82) is 0 Å². The quantitative estimate of drug-likeness (QED) is 0.731. The third-order valence-electron chi connectivity index (χ3n) is 2.52. The molecule has 14 heavy (non-hydrogen) atoms. The molecule has 0 aromatic rings. The first-order valence-electron chi connectivity index (χ1n) is 4.72. The lowest BCUT2D eigenvalue weighted by molar-refractivity contribution is -0.134. The number of amides is 1. The lowest BCUT2D eigenvalue weighted by Gasteiger charge is -2.25. The Bertz CT molecular complexity index is 224. The molecule has 0 aromatic carbocycles. The highest BCUT2D eigenvalue weighted by Crippen LogP contribution is 2.31. The van der Waals surface area contributed by atoms with Gasteiger partial charge >= 0.3 is 5.97 Å². The highest BCUT2D eigenvalue weighted by atomic mass is 32.2. The summed E-state index contributed by atoms with van der Waals surface area (Å²) in [6.45, 7) is 0. The van der Waals surface area contributed by atoms with E-state index in [0.717, 1.165) is 25.7 Å². The van der Waals surface area contributed by atoms with E-state index >= 15 is 0 Å². The zero-order valence-corrected chi connectivity index (χ0v) is 8.76. The average Bonchev–Trinajstić information content (AvgIpc) is 2.15. The maximum absolute atomic E-state index is 10.8. The van der Waals surface area contributed by atoms with Crippen LogP contribution in [0.25, 0.3) is 0 Å². The second-order valence-electron chi connectivity index (χ2n) is 3.58. The van der Waals surface area contributed by atoms with Crippen LogP contribution in [0.1, 0.15) is 25.7 Å². The Morgan fingerprint density at radius 3 is 2.29 bits per heavy atom. The van der Waals surface area contributed by atoms with Crippen LogP contribution < -0.4 is 5.73 Å². The lowest BCUT2D eigenvalue weighted by atomic mass is 9.88. The fourth-order valence-electron chi connectivity index (χ4n) is 1.70. The van der Waals surface area contributed by atoms with Gasteiger partial charge in [-0.15, -0.1) is 11.8 Å². The second kappa shape index (κ2) is 5.24. The highest BCUT2D eigenvalue weighted by Gasteiger charge is 2.25. The summed E-state index contributed by atoms with van der Waals surface area (Å²) in [6.07, 6.45) is 3.44. The lowest BCUT2D eigenvalue weighted by Crippen LogP contribution is -2.28. The number of hydrogen-bond donors (Lipinski definition) is 2. The summed E-state index contributed by atoms with van der Waals surface area (Å²) in [5.41, 5.74) is 5.19. The molecule has 0 atom stereocenters. The van der Waals surface area contributed by atoms with Crippen molar-refractivity contribution in [3.05, 3.63) is 0 Å². The van der Waals surface area contributed by atoms with E-state index in [-0.39, 0.29) is 17.6 Å². The Hall–Kier alpha value is -0.710. The number of primary amides is 1. The third-order valence-corrected chi connectivity index (χ3v) is 3.88. The Kier molecular flexibility index (Phi) is 4.25. The summed E-state index contributed by atoms with van der Waals surface area (Å²) in [7, 11) is 0. The van der Waals surface area contributed by atoms with Gasteiger partial charge in [0.1, 0.15) is 0 Å². The maximum Gasteiger partial charge on any atom is 0.313 e. The monoisotopic (exact) mass is 217 g/mol. The molecule has 5 heteroatoms. The highest BCUT2D eigenvalue weighted by molar-refractivity contribution is 8.00. The molecule has 1 aliphatic rings. The number of carboxylic acid groups (broad SMARTS) is 1. The van der Waals surface area contributed by atoms with E-state index in [2.05, 4.69) is 0 Å². The Morgan fingerprint density at radius 2 is 1.86 bits per heavy atom. The van der Waals surface area contributed by atoms with Gasteiger partial charge in [-0.2, -0.15) is 0 Å². The molecule has 1 fully saturated rings. The van der Waals surface area contributed by atoms with Crippen LogP contribution in [0.5, 0.6) is 0 Å². The fraction of sp³-hybridized carbons (Fsp3) is 0.778. The van der Waals surface area contributed by atoms with Gasteiger partial charge in [-0.05, 0) is 25.7 Å². The van der Waals surface area contributed by atoms with Gasteiger partial charge < -0.3 is 10.8 Å². The van der Waals surface area contributed by atoms with E-state index in [0.29, 0.717) is 5.25 Å². The Morgan fingerprint density at radius 1 is 1.29 bits per heavy atom. The number of carboxylic acids is 1. The number of aliphatic carboxylic acids is 1. The minimum Gasteiger partial charge on any atom is -0.481 e. The van der Waals surface area contributed by atoms with Crippen LogP contribution in [-0.2, 0) is 9.59 Å². The summed E-state index contributed by atoms with van der Waals surface area (Å²) in [6, 6.07) is 0. The Labute approximate surface area is 87.2 Å². The molecule has 0 radical (unpaired) electrons. The Balaban J connectivity index is 2.22. The van der Waals surface area contributed by atoms with E-state index in [1.54, 1.807) is 0 Å². The predicted molar refractivity (Wildman–Crippen MR) is 55.0 cm³/mol. The second-order valence-corrected chi connectivity index (χ2v) is 4.87. The van der Waals surface area contributed by atoms with Gasteiger partial charge in [0.05, 0.1) is 5.75 Å². The van der Waals surface area contributed by atoms with E-state index in [9.17, 15) is 9.59 Å². The molecule has 0 aromatic heterocycles. The van der Waals surface area contributed by atoms with Crippen molar-refractivity contribution in [3.63, 3.8) is 0 Å². The molecule has 1 amide bonds. The molecule has 1 aliphatic carbocycles. The van der Waals surface area contributed by atoms with Crippen LogP contribution in [0.4, 0.5) is 0 Å². The van der Waals surface area contributed by atoms with Crippen molar-refractivity contribution in [3.8, 4) is 0 Å². The van der Waals surface area contributed by atoms with Crippen LogP contribution in [-0.4, -0.2) is 28.0 Å². The molecular formula is C9H15NO3S. The smallest absolute Gasteiger partial charge is 0.313 e. The van der Waals surface area contributed by atoms with Gasteiger partial charge in [-0.1, -0.05) is 0 Å². The van der Waals surface area contributed by atoms with Crippen LogP contribution in [0, 0.1) is 5.92 Å². The van der Waals surface area contributed by atoms with Crippen LogP contribution in [0.15, 0.2) is 0 Å². The molecule has 0 unspecified atom stereocenters. The van der Waals surface area contributed by atoms with Crippen molar-refractivity contribution in [2.45, 2.75) is 30.9 Å². The van der Waals surface area contributed by atoms with Crippen molar-refractivity contribution >= 4 is 23.6 Å². The summed E-state index contributed by atoms with van der Waals surface area (Å²) in [4.78, 5) is 21.2. The minimum absolute atomic E-state index is 0.0108. The van der Waals surface area contributed by atoms with Crippen molar-refractivity contribution in [1.82, 2.24) is 0 Å². The average molecular weight is 217 g/mol. The fourth-order valence-corrected chi connectivity index (χ4v) is 2.69. The zero-order chi connectivity index (χ0) is 10.6. The van der Waals surface area contributed by atoms with Gasteiger partial charge in [-0.25, -0.2) is 0 Å². The molecule has 1 rings (SSSR count). The maximum atomic E-state index is 10.8. The van der Waals surface area contributed by atoms with Gasteiger partial charge in [0.25, 0.3) is 0 Å². The topological polar surface area (TPSA) is 80.4 Å². The number of nitrogens with two attached hydrogens (primary N) is 1. The first-order valence-corrected chi connectivity index (χ1v) is 5.77. The van der Waals surface area contributed by atoms with Crippen LogP contribution >= 0.6 is 11.8 Å². The van der Waals surface area contributed by atoms with Crippen molar-refractivity contribution in [2.24, 2.45) is 11.7 Å². The molecule has 80 valence electrons. The first kappa shape index (κ1) is 11.4. The first-order chi connectivity index (χ1) is 6.59. The van der Waals surface area contributed by atoms with E-state index in [4.69, 9.17) is 10.8 Å². The zero-order valence-electron chi connectivity index (χ0n) is 7.94. The van der Waals surface area contributed by atoms with Crippen LogP contribution in [0.3, 0.4) is 0 Å². The van der Waals surface area contributed by atoms with Gasteiger partial charge in [0, 0.05) is 11.2 Å². The van der Waals surface area contributed by atoms with Gasteiger partial charge in [0.2, 0.25) is 5.91 Å². The van der Waals surface area contributed by atoms with E-state index in [1.165, 1.54) is 11.8 Å². The third kappa shape index (κ3) is 3.57. The molecule has 0 heterocycles. The number of hydrogen-bond acceptors (Lipinski definition) is 3. The molecule has 4 nitrogen and oxygen atoms in total. The van der Waals surface area contributed by atoms with Crippen molar-refractivity contribution < 1.29 is 14.7 Å². The van der Waals surface area contributed by atoms with E-state index in [1.807, 2.05) is 0 Å². The molecule has 1 saturated carbocycles. The van der Waals surface area contributed by atoms with Crippen LogP contribution in [0.2, 0.25) is 0 Å².